The van der Waals surface area contributed by atoms with Crippen molar-refractivity contribution in [3.8, 4) is 5.75 Å². The molecule has 0 radical (unpaired) electrons. The lowest BCUT2D eigenvalue weighted by Crippen LogP contribution is -2.73. The molecule has 1 aromatic rings. The summed E-state index contributed by atoms with van der Waals surface area (Å²) in [5.74, 6) is 1.03. The zero-order valence-electron chi connectivity index (χ0n) is 16.1. The smallest absolute Gasteiger partial charge is 0.310 e. The maximum atomic E-state index is 12.7. The van der Waals surface area contributed by atoms with E-state index in [1.165, 1.54) is 30.4 Å². The van der Waals surface area contributed by atoms with Crippen LogP contribution in [0.5, 0.6) is 5.75 Å². The Kier molecular flexibility index (Phi) is 3.50. The van der Waals surface area contributed by atoms with Crippen LogP contribution in [-0.2, 0) is 21.4 Å². The largest absolute Gasteiger partial charge is 0.497 e. The van der Waals surface area contributed by atoms with Gasteiger partial charge >= 0.3 is 5.97 Å². The Morgan fingerprint density at radius 1 is 1.31 bits per heavy atom. The van der Waals surface area contributed by atoms with E-state index < -0.39 is 0 Å². The van der Waals surface area contributed by atoms with E-state index in [2.05, 4.69) is 30.1 Å². The van der Waals surface area contributed by atoms with Crippen molar-refractivity contribution in [3.63, 3.8) is 0 Å². The van der Waals surface area contributed by atoms with Crippen LogP contribution in [0.25, 0.3) is 0 Å². The highest BCUT2D eigenvalue weighted by Gasteiger charge is 2.71. The first kappa shape index (κ1) is 16.6. The van der Waals surface area contributed by atoms with E-state index in [-0.39, 0.29) is 22.7 Å². The molecular formula is C22H29NO3. The van der Waals surface area contributed by atoms with Gasteiger partial charge in [0.15, 0.2) is 0 Å². The minimum atomic E-state index is 0.0223. The van der Waals surface area contributed by atoms with Crippen LogP contribution in [-0.4, -0.2) is 43.7 Å². The summed E-state index contributed by atoms with van der Waals surface area (Å²) in [6.45, 7) is 2.39. The second-order valence-electron chi connectivity index (χ2n) is 8.83. The number of carbonyl (C=O) groups excluding carboxylic acids is 1. The van der Waals surface area contributed by atoms with Gasteiger partial charge in [-0.05, 0) is 74.8 Å². The first-order chi connectivity index (χ1) is 12.6. The summed E-state index contributed by atoms with van der Waals surface area (Å²) in [6.07, 6.45) is 6.95. The zero-order chi connectivity index (χ0) is 18.1. The molecule has 0 aromatic heterocycles. The molecule has 3 unspecified atom stereocenters. The van der Waals surface area contributed by atoms with Crippen LogP contribution in [0.4, 0.5) is 0 Å². The number of carbonyl (C=O) groups is 1. The summed E-state index contributed by atoms with van der Waals surface area (Å²) in [5.41, 5.74) is 3.45. The molecule has 4 bridgehead atoms. The average Bonchev–Trinajstić information content (AvgIpc) is 3.05. The number of methoxy groups -OCH3 is 1. The third-order valence-electron chi connectivity index (χ3n) is 8.27. The van der Waals surface area contributed by atoms with E-state index in [0.29, 0.717) is 18.7 Å². The topological polar surface area (TPSA) is 38.8 Å². The molecule has 2 aliphatic heterocycles. The Hall–Kier alpha value is -1.55. The lowest BCUT2D eigenvalue weighted by Gasteiger charge is -2.69. The van der Waals surface area contributed by atoms with E-state index >= 15 is 0 Å². The minimum Gasteiger partial charge on any atom is -0.497 e. The molecule has 1 aromatic carbocycles. The van der Waals surface area contributed by atoms with Crippen LogP contribution >= 0.6 is 0 Å². The van der Waals surface area contributed by atoms with Gasteiger partial charge < -0.3 is 9.47 Å². The van der Waals surface area contributed by atoms with Crippen molar-refractivity contribution < 1.29 is 14.3 Å². The average molecular weight is 355 g/mol. The zero-order valence-corrected chi connectivity index (χ0v) is 16.1. The predicted octanol–water partition coefficient (Wildman–Crippen LogP) is 3.32. The second-order valence-corrected chi connectivity index (χ2v) is 8.83. The van der Waals surface area contributed by atoms with E-state index in [9.17, 15) is 4.79 Å². The van der Waals surface area contributed by atoms with Gasteiger partial charge in [-0.2, -0.15) is 0 Å². The van der Waals surface area contributed by atoms with Crippen molar-refractivity contribution in [2.45, 2.75) is 62.9 Å². The molecule has 0 N–H and O–H groups in total. The van der Waals surface area contributed by atoms with E-state index in [1.54, 1.807) is 7.11 Å². The molecule has 5 aliphatic rings. The number of piperidine rings is 2. The molecule has 0 amide bonds. The number of ether oxygens (including phenoxy) is 2. The summed E-state index contributed by atoms with van der Waals surface area (Å²) in [6, 6.07) is 7.55. The molecule has 26 heavy (non-hydrogen) atoms. The van der Waals surface area contributed by atoms with Crippen molar-refractivity contribution in [1.82, 2.24) is 4.90 Å². The molecule has 4 heteroatoms. The predicted molar refractivity (Wildman–Crippen MR) is 99.4 cm³/mol. The van der Waals surface area contributed by atoms with Gasteiger partial charge in [0, 0.05) is 17.5 Å². The number of likely N-dealkylation sites (N-methyl/N-ethyl adjacent to an activating group) is 1. The fraction of sp³-hybridized carbons (Fsp3) is 0.682. The summed E-state index contributed by atoms with van der Waals surface area (Å²) in [7, 11) is 4.01. The molecule has 4 nitrogen and oxygen atoms in total. The number of fused-ring (bicyclic) bond motifs is 2. The summed E-state index contributed by atoms with van der Waals surface area (Å²) >= 11 is 0. The van der Waals surface area contributed by atoms with E-state index in [4.69, 9.17) is 9.47 Å². The Bertz CT molecular complexity index is 762. The van der Waals surface area contributed by atoms with Gasteiger partial charge in [0.1, 0.15) is 5.75 Å². The molecule has 2 heterocycles. The fourth-order valence-corrected chi connectivity index (χ4v) is 7.35. The van der Waals surface area contributed by atoms with Gasteiger partial charge in [0.25, 0.3) is 0 Å². The van der Waals surface area contributed by atoms with Gasteiger partial charge in [-0.15, -0.1) is 0 Å². The number of rotatable bonds is 3. The number of benzene rings is 1. The maximum absolute atomic E-state index is 12.7. The third kappa shape index (κ3) is 1.81. The van der Waals surface area contributed by atoms with Crippen molar-refractivity contribution in [2.24, 2.45) is 11.3 Å². The highest BCUT2D eigenvalue weighted by molar-refractivity contribution is 5.74. The van der Waals surface area contributed by atoms with Crippen LogP contribution in [0.3, 0.4) is 0 Å². The lowest BCUT2D eigenvalue weighted by atomic mass is 9.42. The van der Waals surface area contributed by atoms with Crippen molar-refractivity contribution in [2.75, 3.05) is 20.8 Å². The van der Waals surface area contributed by atoms with Gasteiger partial charge in [0.2, 0.25) is 0 Å². The lowest BCUT2D eigenvalue weighted by molar-refractivity contribution is -0.180. The number of hydrogen-bond acceptors (Lipinski definition) is 4. The molecule has 5 atom stereocenters. The van der Waals surface area contributed by atoms with Crippen molar-refractivity contribution in [3.05, 3.63) is 29.3 Å². The normalized spacial score (nSPS) is 40.0. The second kappa shape index (κ2) is 5.48. The quantitative estimate of drug-likeness (QED) is 0.780. The summed E-state index contributed by atoms with van der Waals surface area (Å²) < 4.78 is 11.0. The molecule has 2 saturated carbocycles. The van der Waals surface area contributed by atoms with E-state index in [1.807, 2.05) is 6.92 Å². The SMILES string of the molecule is CCOC(=O)C1C[C@]23CCC[C@]24CC1N(C)C3Cc1ccc(OC)cc14. The summed E-state index contributed by atoms with van der Waals surface area (Å²) in [4.78, 5) is 15.3. The number of esters is 1. The molecule has 1 spiro atoms. The Labute approximate surface area is 155 Å². The standard InChI is InChI=1S/C22H29NO3/c1-4-26-20(24)16-12-22-9-5-8-21(22)13-18(16)23(2)19(22)10-14-6-7-15(25-3)11-17(14)21/h6-7,11,16,18-19H,4-5,8-10,12-13H2,1-3H3/t16?,18?,19?,21-,22+/m1/s1. The Morgan fingerprint density at radius 2 is 2.15 bits per heavy atom. The number of hydrogen-bond donors (Lipinski definition) is 0. The van der Waals surface area contributed by atoms with Crippen molar-refractivity contribution in [1.29, 1.82) is 0 Å². The van der Waals surface area contributed by atoms with Crippen LogP contribution in [0, 0.1) is 11.3 Å². The molecule has 140 valence electrons. The maximum Gasteiger partial charge on any atom is 0.310 e. The highest BCUT2D eigenvalue weighted by Crippen LogP contribution is 2.71. The van der Waals surface area contributed by atoms with E-state index in [0.717, 1.165) is 25.0 Å². The molecule has 6 rings (SSSR count). The van der Waals surface area contributed by atoms with Crippen LogP contribution in [0.15, 0.2) is 18.2 Å². The van der Waals surface area contributed by atoms with Gasteiger partial charge in [0.05, 0.1) is 19.6 Å². The van der Waals surface area contributed by atoms with Crippen LogP contribution < -0.4 is 4.74 Å². The first-order valence-corrected chi connectivity index (χ1v) is 10.1. The van der Waals surface area contributed by atoms with Gasteiger partial charge in [-0.25, -0.2) is 0 Å². The first-order valence-electron chi connectivity index (χ1n) is 10.1. The van der Waals surface area contributed by atoms with Crippen LogP contribution in [0.1, 0.15) is 50.2 Å². The molecule has 2 saturated heterocycles. The Morgan fingerprint density at radius 3 is 2.92 bits per heavy atom. The fourth-order valence-electron chi connectivity index (χ4n) is 7.35. The van der Waals surface area contributed by atoms with Gasteiger partial charge in [-0.3, -0.25) is 9.69 Å². The summed E-state index contributed by atoms with van der Waals surface area (Å²) in [5, 5.41) is 0. The van der Waals surface area contributed by atoms with Crippen molar-refractivity contribution >= 4 is 5.97 Å². The molecule has 4 fully saturated rings. The third-order valence-corrected chi connectivity index (χ3v) is 8.27. The highest BCUT2D eigenvalue weighted by atomic mass is 16.5. The molecular weight excluding hydrogens is 326 g/mol. The van der Waals surface area contributed by atoms with Gasteiger partial charge in [-0.1, -0.05) is 12.5 Å². The Balaban J connectivity index is 1.65. The van der Waals surface area contributed by atoms with Crippen LogP contribution in [0.2, 0.25) is 0 Å². The molecule has 3 aliphatic carbocycles. The minimum absolute atomic E-state index is 0.0223. The number of nitrogens with zero attached hydrogens (tertiary/aromatic N) is 1. The monoisotopic (exact) mass is 355 g/mol.